The van der Waals surface area contributed by atoms with Gasteiger partial charge in [0.25, 0.3) is 5.91 Å². The molecular formula is C21H27N3O3. The van der Waals surface area contributed by atoms with Gasteiger partial charge in [-0.05, 0) is 70.4 Å². The first-order valence-corrected chi connectivity index (χ1v) is 9.48. The number of nitrogens with one attached hydrogen (secondary N) is 1. The predicted octanol–water partition coefficient (Wildman–Crippen LogP) is 4.33. The Morgan fingerprint density at radius 1 is 1.22 bits per heavy atom. The van der Waals surface area contributed by atoms with E-state index in [1.165, 1.54) is 0 Å². The van der Waals surface area contributed by atoms with Crippen molar-refractivity contribution in [1.82, 2.24) is 9.78 Å². The summed E-state index contributed by atoms with van der Waals surface area (Å²) >= 11 is 0. The van der Waals surface area contributed by atoms with Crippen LogP contribution in [0.5, 0.6) is 0 Å². The fourth-order valence-electron chi connectivity index (χ4n) is 2.88. The van der Waals surface area contributed by atoms with Crippen LogP contribution >= 0.6 is 0 Å². The highest BCUT2D eigenvalue weighted by Gasteiger charge is 2.32. The van der Waals surface area contributed by atoms with Gasteiger partial charge in [-0.2, -0.15) is 5.10 Å². The van der Waals surface area contributed by atoms with Crippen LogP contribution in [0, 0.1) is 0 Å². The molecular weight excluding hydrogens is 342 g/mol. The van der Waals surface area contributed by atoms with Gasteiger partial charge in [0.1, 0.15) is 0 Å². The molecule has 6 heteroatoms. The molecule has 1 amide bonds. The number of nitrogens with zero attached hydrogens (tertiary/aromatic N) is 2. The second kappa shape index (κ2) is 7.55. The van der Waals surface area contributed by atoms with Gasteiger partial charge in [0.2, 0.25) is 0 Å². The van der Waals surface area contributed by atoms with E-state index in [0.29, 0.717) is 29.5 Å². The van der Waals surface area contributed by atoms with Crippen LogP contribution in [0.15, 0.2) is 30.3 Å². The van der Waals surface area contributed by atoms with Gasteiger partial charge in [0.15, 0.2) is 5.69 Å². The smallest absolute Gasteiger partial charge is 0.338 e. The maximum atomic E-state index is 12.6. The summed E-state index contributed by atoms with van der Waals surface area (Å²) in [4.78, 5) is 24.5. The molecule has 1 saturated carbocycles. The molecule has 1 heterocycles. The molecule has 0 saturated heterocycles. The van der Waals surface area contributed by atoms with E-state index in [-0.39, 0.29) is 17.4 Å². The topological polar surface area (TPSA) is 73.2 Å². The summed E-state index contributed by atoms with van der Waals surface area (Å²) in [6.07, 6.45) is 3.08. The Morgan fingerprint density at radius 2 is 1.89 bits per heavy atom. The molecule has 1 aliphatic rings. The highest BCUT2D eigenvalue weighted by Crippen LogP contribution is 2.41. The lowest BCUT2D eigenvalue weighted by Crippen LogP contribution is -2.25. The SMILES string of the molecule is CCCOC(=O)c1ccc(NC(=O)c2cc(C3CC3)n(C(C)(C)C)n2)cc1. The summed E-state index contributed by atoms with van der Waals surface area (Å²) < 4.78 is 7.07. The minimum Gasteiger partial charge on any atom is -0.462 e. The molecule has 1 aromatic heterocycles. The molecule has 1 aliphatic carbocycles. The summed E-state index contributed by atoms with van der Waals surface area (Å²) in [6.45, 7) is 8.61. The fraction of sp³-hybridized carbons (Fsp3) is 0.476. The minimum atomic E-state index is -0.354. The van der Waals surface area contributed by atoms with E-state index in [0.717, 1.165) is 25.0 Å². The van der Waals surface area contributed by atoms with Crippen molar-refractivity contribution < 1.29 is 14.3 Å². The fourth-order valence-corrected chi connectivity index (χ4v) is 2.88. The van der Waals surface area contributed by atoms with E-state index in [1.54, 1.807) is 24.3 Å². The number of esters is 1. The Bertz CT molecular complexity index is 827. The second-order valence-electron chi connectivity index (χ2n) is 7.98. The third-order valence-corrected chi connectivity index (χ3v) is 4.42. The summed E-state index contributed by atoms with van der Waals surface area (Å²) in [5.74, 6) is -0.0966. The van der Waals surface area contributed by atoms with Gasteiger partial charge in [-0.25, -0.2) is 4.79 Å². The summed E-state index contributed by atoms with van der Waals surface area (Å²) in [5, 5.41) is 7.40. The van der Waals surface area contributed by atoms with Gasteiger partial charge in [-0.15, -0.1) is 0 Å². The quantitative estimate of drug-likeness (QED) is 0.769. The van der Waals surface area contributed by atoms with Crippen LogP contribution in [-0.4, -0.2) is 28.3 Å². The van der Waals surface area contributed by atoms with Gasteiger partial charge >= 0.3 is 5.97 Å². The van der Waals surface area contributed by atoms with E-state index in [2.05, 4.69) is 31.2 Å². The Hall–Kier alpha value is -2.63. The number of ether oxygens (including phenoxy) is 1. The van der Waals surface area contributed by atoms with Crippen LogP contribution < -0.4 is 5.32 Å². The molecule has 3 rings (SSSR count). The van der Waals surface area contributed by atoms with E-state index in [4.69, 9.17) is 4.74 Å². The number of rotatable bonds is 6. The van der Waals surface area contributed by atoms with Gasteiger partial charge in [0.05, 0.1) is 17.7 Å². The van der Waals surface area contributed by atoms with Crippen molar-refractivity contribution in [3.8, 4) is 0 Å². The Kier molecular flexibility index (Phi) is 5.35. The molecule has 6 nitrogen and oxygen atoms in total. The molecule has 144 valence electrons. The Labute approximate surface area is 159 Å². The first-order chi connectivity index (χ1) is 12.8. The third-order valence-electron chi connectivity index (χ3n) is 4.42. The maximum Gasteiger partial charge on any atom is 0.338 e. The van der Waals surface area contributed by atoms with Crippen molar-refractivity contribution >= 4 is 17.6 Å². The summed E-state index contributed by atoms with van der Waals surface area (Å²) in [5.41, 5.74) is 2.46. The zero-order valence-electron chi connectivity index (χ0n) is 16.4. The Balaban J connectivity index is 1.71. The molecule has 0 bridgehead atoms. The second-order valence-corrected chi connectivity index (χ2v) is 7.98. The van der Waals surface area contributed by atoms with Crippen LogP contribution in [0.3, 0.4) is 0 Å². The number of carbonyl (C=O) groups is 2. The number of hydrogen-bond acceptors (Lipinski definition) is 4. The Morgan fingerprint density at radius 3 is 2.44 bits per heavy atom. The average Bonchev–Trinajstić information content (AvgIpc) is 3.36. The number of hydrogen-bond donors (Lipinski definition) is 1. The number of aromatic nitrogens is 2. The monoisotopic (exact) mass is 369 g/mol. The molecule has 0 radical (unpaired) electrons. The molecule has 0 spiro atoms. The van der Waals surface area contributed by atoms with Gasteiger partial charge in [-0.3, -0.25) is 9.48 Å². The number of anilines is 1. The lowest BCUT2D eigenvalue weighted by molar-refractivity contribution is 0.0505. The van der Waals surface area contributed by atoms with Crippen molar-refractivity contribution in [1.29, 1.82) is 0 Å². The van der Waals surface area contributed by atoms with Crippen molar-refractivity contribution in [3.05, 3.63) is 47.3 Å². The van der Waals surface area contributed by atoms with Crippen molar-refractivity contribution in [3.63, 3.8) is 0 Å². The number of amides is 1. The van der Waals surface area contributed by atoms with Crippen LogP contribution in [-0.2, 0) is 10.3 Å². The van der Waals surface area contributed by atoms with Crippen LogP contribution in [0.1, 0.15) is 79.4 Å². The lowest BCUT2D eigenvalue weighted by Gasteiger charge is -2.22. The van der Waals surface area contributed by atoms with Crippen molar-refractivity contribution in [2.45, 2.75) is 58.4 Å². The first-order valence-electron chi connectivity index (χ1n) is 9.48. The molecule has 1 fully saturated rings. The van der Waals surface area contributed by atoms with Gasteiger partial charge < -0.3 is 10.1 Å². The largest absolute Gasteiger partial charge is 0.462 e. The van der Waals surface area contributed by atoms with E-state index in [9.17, 15) is 9.59 Å². The van der Waals surface area contributed by atoms with E-state index >= 15 is 0 Å². The molecule has 0 atom stereocenters. The van der Waals surface area contributed by atoms with Gasteiger partial charge in [0, 0.05) is 17.3 Å². The third kappa shape index (κ3) is 4.56. The molecule has 0 aliphatic heterocycles. The number of benzene rings is 1. The average molecular weight is 369 g/mol. The van der Waals surface area contributed by atoms with Crippen LogP contribution in [0.4, 0.5) is 5.69 Å². The molecule has 1 N–H and O–H groups in total. The minimum absolute atomic E-state index is 0.170. The molecule has 2 aromatic rings. The van der Waals surface area contributed by atoms with E-state index in [1.807, 2.05) is 17.7 Å². The van der Waals surface area contributed by atoms with E-state index < -0.39 is 0 Å². The standard InChI is InChI=1S/C21H27N3O3/c1-5-12-27-20(26)15-8-10-16(11-9-15)22-19(25)17-13-18(14-6-7-14)24(23-17)21(2,3)4/h8-11,13-14H,5-7,12H2,1-4H3,(H,22,25). The highest BCUT2D eigenvalue weighted by atomic mass is 16.5. The highest BCUT2D eigenvalue weighted by molar-refractivity contribution is 6.03. The van der Waals surface area contributed by atoms with Crippen LogP contribution in [0.25, 0.3) is 0 Å². The zero-order valence-corrected chi connectivity index (χ0v) is 16.4. The number of carbonyl (C=O) groups excluding carboxylic acids is 2. The first kappa shape index (κ1) is 19.1. The maximum absolute atomic E-state index is 12.6. The van der Waals surface area contributed by atoms with Crippen molar-refractivity contribution in [2.75, 3.05) is 11.9 Å². The normalized spacial score (nSPS) is 14.1. The zero-order chi connectivity index (χ0) is 19.6. The van der Waals surface area contributed by atoms with Gasteiger partial charge in [-0.1, -0.05) is 6.92 Å². The predicted molar refractivity (Wildman–Crippen MR) is 104 cm³/mol. The molecule has 0 unspecified atom stereocenters. The molecule has 1 aromatic carbocycles. The summed E-state index contributed by atoms with van der Waals surface area (Å²) in [7, 11) is 0. The molecule has 27 heavy (non-hydrogen) atoms. The van der Waals surface area contributed by atoms with Crippen molar-refractivity contribution in [2.24, 2.45) is 0 Å². The summed E-state index contributed by atoms with van der Waals surface area (Å²) in [6, 6.07) is 8.59. The van der Waals surface area contributed by atoms with Crippen LogP contribution in [0.2, 0.25) is 0 Å². The lowest BCUT2D eigenvalue weighted by atomic mass is 10.1.